The molecule has 0 bridgehead atoms. The van der Waals surface area contributed by atoms with Crippen molar-refractivity contribution in [2.45, 2.75) is 72.6 Å². The molecule has 1 aliphatic carbocycles. The van der Waals surface area contributed by atoms with Crippen molar-refractivity contribution in [1.82, 2.24) is 25.5 Å². The van der Waals surface area contributed by atoms with Crippen LogP contribution < -0.4 is 5.32 Å². The van der Waals surface area contributed by atoms with E-state index in [9.17, 15) is 4.79 Å². The number of rotatable bonds is 5. The molecule has 1 saturated carbocycles. The number of hydrogen-bond donors (Lipinski definition) is 1. The minimum Gasteiger partial charge on any atom is -0.441 e. The maximum atomic E-state index is 12.3. The molecule has 0 unspecified atom stereocenters. The Balaban J connectivity index is 1.21. The molecule has 2 aliphatic heterocycles. The van der Waals surface area contributed by atoms with E-state index < -0.39 is 6.10 Å². The summed E-state index contributed by atoms with van der Waals surface area (Å²) < 4.78 is 19.3. The number of ether oxygens (including phenoxy) is 3. The fraction of sp³-hybridized carbons (Fsp3) is 0.600. The average molecular weight is 432 g/mol. The molecule has 10 heteroatoms. The topological polar surface area (TPSA) is 100 Å². The summed E-state index contributed by atoms with van der Waals surface area (Å²) in [4.78, 5) is 13.4. The zero-order valence-electron chi connectivity index (χ0n) is 16.6. The van der Waals surface area contributed by atoms with Crippen LogP contribution in [0.5, 0.6) is 0 Å². The number of tetrazole rings is 1. The Hall–Kier alpha value is -2.17. The number of carbonyl (C=O) groups excluding carboxylic acids is 1. The molecule has 3 aliphatic rings. The summed E-state index contributed by atoms with van der Waals surface area (Å²) in [6, 6.07) is 10.00. The predicted molar refractivity (Wildman–Crippen MR) is 107 cm³/mol. The van der Waals surface area contributed by atoms with Gasteiger partial charge >= 0.3 is 6.09 Å². The van der Waals surface area contributed by atoms with Gasteiger partial charge in [0.05, 0.1) is 13.2 Å². The van der Waals surface area contributed by atoms with Crippen LogP contribution in [0.25, 0.3) is 0 Å². The monoisotopic (exact) mass is 431 g/mol. The van der Waals surface area contributed by atoms with Crippen LogP contribution in [0.15, 0.2) is 40.4 Å². The smallest absolute Gasteiger partial charge is 0.407 e. The number of carbonyl (C=O) groups is 1. The number of amides is 1. The molecule has 3 heterocycles. The maximum absolute atomic E-state index is 12.3. The summed E-state index contributed by atoms with van der Waals surface area (Å²) in [7, 11) is 0. The third kappa shape index (κ3) is 4.17. The molecule has 160 valence electrons. The minimum absolute atomic E-state index is 0.161. The van der Waals surface area contributed by atoms with Gasteiger partial charge in [-0.15, -0.1) is 5.10 Å². The molecule has 0 radical (unpaired) electrons. The van der Waals surface area contributed by atoms with Crippen molar-refractivity contribution in [1.29, 1.82) is 0 Å². The fourth-order valence-corrected chi connectivity index (χ4v) is 5.24. The lowest BCUT2D eigenvalue weighted by atomic mass is 9.96. The minimum atomic E-state index is -0.426. The fourth-order valence-electron chi connectivity index (χ4n) is 4.39. The van der Waals surface area contributed by atoms with Crippen molar-refractivity contribution in [3.8, 4) is 0 Å². The Morgan fingerprint density at radius 1 is 1.10 bits per heavy atom. The van der Waals surface area contributed by atoms with Crippen LogP contribution in [-0.4, -0.2) is 63.9 Å². The van der Waals surface area contributed by atoms with E-state index in [-0.39, 0.29) is 30.4 Å². The van der Waals surface area contributed by atoms with Crippen LogP contribution in [0.2, 0.25) is 0 Å². The molecular weight excluding hydrogens is 406 g/mol. The lowest BCUT2D eigenvalue weighted by Gasteiger charge is -2.24. The average Bonchev–Trinajstić information content (AvgIpc) is 3.47. The number of aromatic nitrogens is 4. The second-order valence-electron chi connectivity index (χ2n) is 7.91. The summed E-state index contributed by atoms with van der Waals surface area (Å²) in [5.41, 5.74) is 0. The first kappa shape index (κ1) is 19.8. The molecule has 4 atom stereocenters. The van der Waals surface area contributed by atoms with Crippen LogP contribution in [0.1, 0.15) is 38.1 Å². The van der Waals surface area contributed by atoms with E-state index in [0.29, 0.717) is 18.4 Å². The van der Waals surface area contributed by atoms with Gasteiger partial charge in [0.25, 0.3) is 0 Å². The standard InChI is InChI=1S/C20H25N5O4S/c26-20(21-13-7-3-1-4-8-13)29-16-12-28-17-15(11-27-18(16)17)25-19(22-23-24-25)30-14-9-5-2-6-10-14/h2,5-6,9-10,13,15-18H,1,3-4,7-8,11-12H2,(H,21,26)/t15-,16-,17-,18+/m1/s1. The van der Waals surface area contributed by atoms with Gasteiger partial charge < -0.3 is 19.5 Å². The molecule has 2 aromatic rings. The molecule has 30 heavy (non-hydrogen) atoms. The highest BCUT2D eigenvalue weighted by Crippen LogP contribution is 2.37. The van der Waals surface area contributed by atoms with E-state index >= 15 is 0 Å². The summed E-state index contributed by atoms with van der Waals surface area (Å²) in [5, 5.41) is 15.8. The van der Waals surface area contributed by atoms with E-state index in [2.05, 4.69) is 20.8 Å². The van der Waals surface area contributed by atoms with Crippen molar-refractivity contribution in [3.63, 3.8) is 0 Å². The van der Waals surface area contributed by atoms with Crippen LogP contribution >= 0.6 is 11.8 Å². The zero-order valence-corrected chi connectivity index (χ0v) is 17.4. The first-order valence-electron chi connectivity index (χ1n) is 10.5. The molecule has 1 aromatic heterocycles. The van der Waals surface area contributed by atoms with Crippen molar-refractivity contribution in [2.75, 3.05) is 13.2 Å². The highest BCUT2D eigenvalue weighted by molar-refractivity contribution is 7.99. The van der Waals surface area contributed by atoms with Gasteiger partial charge in [0, 0.05) is 10.9 Å². The van der Waals surface area contributed by atoms with Gasteiger partial charge in [-0.05, 0) is 47.2 Å². The van der Waals surface area contributed by atoms with Crippen LogP contribution in [0, 0.1) is 0 Å². The van der Waals surface area contributed by atoms with Crippen LogP contribution in [0.4, 0.5) is 4.79 Å². The highest BCUT2D eigenvalue weighted by atomic mass is 32.2. The molecule has 3 fully saturated rings. The largest absolute Gasteiger partial charge is 0.441 e. The van der Waals surface area contributed by atoms with E-state index in [1.54, 1.807) is 4.68 Å². The second-order valence-corrected chi connectivity index (χ2v) is 8.95. The predicted octanol–water partition coefficient (Wildman–Crippen LogP) is 2.59. The van der Waals surface area contributed by atoms with Crippen LogP contribution in [-0.2, 0) is 14.2 Å². The van der Waals surface area contributed by atoms with Crippen molar-refractivity contribution in [2.24, 2.45) is 0 Å². The molecule has 0 spiro atoms. The summed E-state index contributed by atoms with van der Waals surface area (Å²) in [6.07, 6.45) is 4.21. The van der Waals surface area contributed by atoms with E-state index in [0.717, 1.165) is 30.6 Å². The zero-order chi connectivity index (χ0) is 20.3. The van der Waals surface area contributed by atoms with Gasteiger partial charge in [-0.2, -0.15) is 0 Å². The highest BCUT2D eigenvalue weighted by Gasteiger charge is 2.51. The molecule has 1 aromatic carbocycles. The Morgan fingerprint density at radius 3 is 2.73 bits per heavy atom. The first-order valence-corrected chi connectivity index (χ1v) is 11.3. The van der Waals surface area contributed by atoms with Gasteiger partial charge in [-0.3, -0.25) is 0 Å². The van der Waals surface area contributed by atoms with Crippen molar-refractivity contribution < 1.29 is 19.0 Å². The number of alkyl carbamates (subject to hydrolysis) is 1. The third-order valence-electron chi connectivity index (χ3n) is 5.90. The summed E-state index contributed by atoms with van der Waals surface area (Å²) in [6.45, 7) is 0.722. The number of nitrogens with one attached hydrogen (secondary N) is 1. The molecule has 1 amide bonds. The van der Waals surface area contributed by atoms with Gasteiger partial charge in [0.2, 0.25) is 5.16 Å². The number of nitrogens with zero attached hydrogens (tertiary/aromatic N) is 4. The quantitative estimate of drug-likeness (QED) is 0.771. The molecule has 9 nitrogen and oxygen atoms in total. The first-order chi connectivity index (χ1) is 14.8. The number of benzene rings is 1. The Kier molecular flexibility index (Phi) is 5.87. The number of fused-ring (bicyclic) bond motifs is 1. The third-order valence-corrected chi connectivity index (χ3v) is 6.86. The van der Waals surface area contributed by atoms with E-state index in [4.69, 9.17) is 14.2 Å². The van der Waals surface area contributed by atoms with Gasteiger partial charge in [0.1, 0.15) is 18.2 Å². The maximum Gasteiger partial charge on any atom is 0.407 e. The molecule has 2 saturated heterocycles. The lowest BCUT2D eigenvalue weighted by molar-refractivity contribution is 0.00152. The molecular formula is C20H25N5O4S. The SMILES string of the molecule is O=C(NC1CCCCC1)O[C@@H]1CO[C@H]2[C@H]1OC[C@H]2n1nnnc1Sc1ccccc1. The normalized spacial score (nSPS) is 28.9. The number of hydrogen-bond acceptors (Lipinski definition) is 8. The summed E-state index contributed by atoms with van der Waals surface area (Å²) in [5.74, 6) is 0. The Bertz CT molecular complexity index is 860. The van der Waals surface area contributed by atoms with Crippen LogP contribution in [0.3, 0.4) is 0 Å². The molecule has 1 N–H and O–H groups in total. The summed E-state index contributed by atoms with van der Waals surface area (Å²) >= 11 is 1.49. The van der Waals surface area contributed by atoms with E-state index in [1.807, 2.05) is 30.3 Å². The Labute approximate surface area is 178 Å². The second kappa shape index (κ2) is 8.91. The van der Waals surface area contributed by atoms with Gasteiger partial charge in [-0.1, -0.05) is 37.5 Å². The van der Waals surface area contributed by atoms with Gasteiger partial charge in [-0.25, -0.2) is 9.48 Å². The van der Waals surface area contributed by atoms with E-state index in [1.165, 1.54) is 18.2 Å². The van der Waals surface area contributed by atoms with Gasteiger partial charge in [0.15, 0.2) is 6.10 Å². The lowest BCUT2D eigenvalue weighted by Crippen LogP contribution is -2.41. The van der Waals surface area contributed by atoms with Crippen molar-refractivity contribution >= 4 is 17.9 Å². The van der Waals surface area contributed by atoms with Crippen molar-refractivity contribution in [3.05, 3.63) is 30.3 Å². The Morgan fingerprint density at radius 2 is 1.90 bits per heavy atom. The molecule has 5 rings (SSSR count).